The number of carbonyl (C=O) groups is 1. The Balaban J connectivity index is 1.70. The van der Waals surface area contributed by atoms with Crippen molar-refractivity contribution < 1.29 is 13.9 Å². The molecule has 1 aliphatic rings. The van der Waals surface area contributed by atoms with Crippen LogP contribution in [0.3, 0.4) is 0 Å². The number of ether oxygens (including phenoxy) is 1. The van der Waals surface area contributed by atoms with Crippen LogP contribution in [0.4, 0.5) is 0 Å². The summed E-state index contributed by atoms with van der Waals surface area (Å²) in [5, 5.41) is 2.91. The van der Waals surface area contributed by atoms with Crippen LogP contribution in [0, 0.1) is 5.92 Å². The zero-order valence-corrected chi connectivity index (χ0v) is 11.5. The minimum Gasteiger partial charge on any atom is -0.445 e. The molecule has 1 fully saturated rings. The van der Waals surface area contributed by atoms with Crippen LogP contribution < -0.4 is 5.32 Å². The molecule has 1 aromatic rings. The van der Waals surface area contributed by atoms with Crippen LogP contribution in [0.5, 0.6) is 0 Å². The van der Waals surface area contributed by atoms with Gasteiger partial charge in [0.1, 0.15) is 12.2 Å². The fourth-order valence-corrected chi connectivity index (χ4v) is 2.10. The first-order chi connectivity index (χ1) is 9.28. The lowest BCUT2D eigenvalue weighted by Crippen LogP contribution is -2.30. The number of hydrogen-bond acceptors (Lipinski definition) is 4. The lowest BCUT2D eigenvalue weighted by atomic mass is 10.1. The van der Waals surface area contributed by atoms with Crippen molar-refractivity contribution in [2.24, 2.45) is 5.92 Å². The molecule has 2 rings (SSSR count). The standard InChI is InChI=1S/C14H22N2O3/c1-2-3-4-12-9-16-14(19-12)7-13(17)15-8-11-5-6-18-10-11/h9,11H,2-8,10H2,1H3,(H,15,17). The number of rotatable bonds is 7. The summed E-state index contributed by atoms with van der Waals surface area (Å²) in [6.45, 7) is 4.38. The molecule has 1 unspecified atom stereocenters. The second-order valence-electron chi connectivity index (χ2n) is 5.03. The molecule has 2 heterocycles. The number of hydrogen-bond donors (Lipinski definition) is 1. The van der Waals surface area contributed by atoms with E-state index >= 15 is 0 Å². The number of amides is 1. The molecule has 0 spiro atoms. The highest BCUT2D eigenvalue weighted by Crippen LogP contribution is 2.11. The van der Waals surface area contributed by atoms with E-state index in [1.54, 1.807) is 6.20 Å². The molecule has 0 bridgehead atoms. The summed E-state index contributed by atoms with van der Waals surface area (Å²) in [4.78, 5) is 15.9. The van der Waals surface area contributed by atoms with E-state index in [4.69, 9.17) is 9.15 Å². The molecule has 1 atom stereocenters. The second kappa shape index (κ2) is 7.28. The first-order valence-electron chi connectivity index (χ1n) is 7.06. The summed E-state index contributed by atoms with van der Waals surface area (Å²) in [5.74, 6) is 1.80. The number of carbonyl (C=O) groups excluding carboxylic acids is 1. The van der Waals surface area contributed by atoms with Crippen molar-refractivity contribution in [3.8, 4) is 0 Å². The highest BCUT2D eigenvalue weighted by atomic mass is 16.5. The number of oxazole rings is 1. The number of nitrogens with one attached hydrogen (secondary N) is 1. The fraction of sp³-hybridized carbons (Fsp3) is 0.714. The number of nitrogens with zero attached hydrogens (tertiary/aromatic N) is 1. The molecule has 106 valence electrons. The van der Waals surface area contributed by atoms with Gasteiger partial charge < -0.3 is 14.5 Å². The van der Waals surface area contributed by atoms with Gasteiger partial charge in [-0.05, 0) is 12.8 Å². The third-order valence-corrected chi connectivity index (χ3v) is 3.30. The Morgan fingerprint density at radius 2 is 2.47 bits per heavy atom. The molecular weight excluding hydrogens is 244 g/mol. The molecule has 1 saturated heterocycles. The molecule has 0 saturated carbocycles. The SMILES string of the molecule is CCCCc1cnc(CC(=O)NCC2CCOC2)o1. The zero-order valence-electron chi connectivity index (χ0n) is 11.5. The van der Waals surface area contributed by atoms with Crippen LogP contribution in [-0.2, 0) is 22.4 Å². The van der Waals surface area contributed by atoms with Crippen LogP contribution in [0.1, 0.15) is 37.8 Å². The highest BCUT2D eigenvalue weighted by Gasteiger charge is 2.17. The minimum absolute atomic E-state index is 0.0317. The molecule has 1 amide bonds. The van der Waals surface area contributed by atoms with E-state index in [-0.39, 0.29) is 12.3 Å². The van der Waals surface area contributed by atoms with Crippen molar-refractivity contribution in [2.45, 2.75) is 39.0 Å². The van der Waals surface area contributed by atoms with Crippen molar-refractivity contribution in [2.75, 3.05) is 19.8 Å². The van der Waals surface area contributed by atoms with Crippen molar-refractivity contribution >= 4 is 5.91 Å². The van der Waals surface area contributed by atoms with Gasteiger partial charge in [-0.15, -0.1) is 0 Å². The van der Waals surface area contributed by atoms with Crippen LogP contribution in [0.25, 0.3) is 0 Å². The molecule has 19 heavy (non-hydrogen) atoms. The Morgan fingerprint density at radius 3 is 3.21 bits per heavy atom. The Hall–Kier alpha value is -1.36. The van der Waals surface area contributed by atoms with Crippen molar-refractivity contribution in [3.63, 3.8) is 0 Å². The maximum Gasteiger partial charge on any atom is 0.229 e. The summed E-state index contributed by atoms with van der Waals surface area (Å²) in [6.07, 6.45) is 6.08. The molecule has 1 N–H and O–H groups in total. The van der Waals surface area contributed by atoms with Gasteiger partial charge in [-0.1, -0.05) is 13.3 Å². The van der Waals surface area contributed by atoms with Crippen LogP contribution in [0.2, 0.25) is 0 Å². The van der Waals surface area contributed by atoms with Gasteiger partial charge in [-0.3, -0.25) is 4.79 Å². The van der Waals surface area contributed by atoms with E-state index in [1.807, 2.05) is 0 Å². The molecule has 1 aliphatic heterocycles. The maximum absolute atomic E-state index is 11.7. The average Bonchev–Trinajstić information content (AvgIpc) is 3.05. The summed E-state index contributed by atoms with van der Waals surface area (Å²) in [6, 6.07) is 0. The predicted octanol–water partition coefficient (Wildman–Crippen LogP) is 1.71. The van der Waals surface area contributed by atoms with E-state index in [2.05, 4.69) is 17.2 Å². The Labute approximate surface area is 113 Å². The maximum atomic E-state index is 11.7. The lowest BCUT2D eigenvalue weighted by molar-refractivity contribution is -0.120. The smallest absolute Gasteiger partial charge is 0.229 e. The molecule has 0 radical (unpaired) electrons. The van der Waals surface area contributed by atoms with Gasteiger partial charge >= 0.3 is 0 Å². The topological polar surface area (TPSA) is 64.4 Å². The molecule has 0 aliphatic carbocycles. The van der Waals surface area contributed by atoms with E-state index in [0.717, 1.165) is 44.7 Å². The van der Waals surface area contributed by atoms with Crippen molar-refractivity contribution in [1.82, 2.24) is 10.3 Å². The molecule has 1 aromatic heterocycles. The van der Waals surface area contributed by atoms with Gasteiger partial charge in [0, 0.05) is 25.5 Å². The Bertz CT molecular complexity index is 397. The van der Waals surface area contributed by atoms with Crippen LogP contribution in [-0.4, -0.2) is 30.6 Å². The third kappa shape index (κ3) is 4.67. The quantitative estimate of drug-likeness (QED) is 0.816. The molecule has 5 heteroatoms. The van der Waals surface area contributed by atoms with E-state index < -0.39 is 0 Å². The normalized spacial score (nSPS) is 18.7. The molecule has 0 aromatic carbocycles. The number of aryl methyl sites for hydroxylation is 1. The lowest BCUT2D eigenvalue weighted by Gasteiger charge is -2.08. The predicted molar refractivity (Wildman–Crippen MR) is 70.8 cm³/mol. The fourth-order valence-electron chi connectivity index (χ4n) is 2.10. The highest BCUT2D eigenvalue weighted by molar-refractivity contribution is 5.77. The number of aromatic nitrogens is 1. The third-order valence-electron chi connectivity index (χ3n) is 3.30. The van der Waals surface area contributed by atoms with Gasteiger partial charge in [-0.25, -0.2) is 4.98 Å². The van der Waals surface area contributed by atoms with Crippen LogP contribution in [0.15, 0.2) is 10.6 Å². The van der Waals surface area contributed by atoms with Gasteiger partial charge in [0.05, 0.1) is 12.8 Å². The Morgan fingerprint density at radius 1 is 1.58 bits per heavy atom. The van der Waals surface area contributed by atoms with Crippen molar-refractivity contribution in [1.29, 1.82) is 0 Å². The van der Waals surface area contributed by atoms with Gasteiger partial charge in [0.2, 0.25) is 11.8 Å². The van der Waals surface area contributed by atoms with Gasteiger partial charge in [0.15, 0.2) is 0 Å². The van der Waals surface area contributed by atoms with E-state index in [9.17, 15) is 4.79 Å². The first kappa shape index (κ1) is 14.1. The van der Waals surface area contributed by atoms with E-state index in [1.165, 1.54) is 0 Å². The molecule has 5 nitrogen and oxygen atoms in total. The van der Waals surface area contributed by atoms with E-state index in [0.29, 0.717) is 18.4 Å². The second-order valence-corrected chi connectivity index (χ2v) is 5.03. The summed E-state index contributed by atoms with van der Waals surface area (Å²) >= 11 is 0. The zero-order chi connectivity index (χ0) is 13.5. The summed E-state index contributed by atoms with van der Waals surface area (Å²) in [5.41, 5.74) is 0. The summed E-state index contributed by atoms with van der Waals surface area (Å²) in [7, 11) is 0. The summed E-state index contributed by atoms with van der Waals surface area (Å²) < 4.78 is 10.8. The number of unbranched alkanes of at least 4 members (excludes halogenated alkanes) is 1. The largest absolute Gasteiger partial charge is 0.445 e. The minimum atomic E-state index is -0.0317. The Kier molecular flexibility index (Phi) is 5.39. The average molecular weight is 266 g/mol. The molecular formula is C14H22N2O3. The van der Waals surface area contributed by atoms with Gasteiger partial charge in [-0.2, -0.15) is 0 Å². The van der Waals surface area contributed by atoms with Crippen molar-refractivity contribution in [3.05, 3.63) is 17.8 Å². The monoisotopic (exact) mass is 266 g/mol. The van der Waals surface area contributed by atoms with Gasteiger partial charge in [0.25, 0.3) is 0 Å². The first-order valence-corrected chi connectivity index (χ1v) is 7.06. The van der Waals surface area contributed by atoms with Crippen LogP contribution >= 0.6 is 0 Å².